The molecule has 1 aliphatic rings. The van der Waals surface area contributed by atoms with Crippen LogP contribution in [0.4, 0.5) is 5.69 Å². The third-order valence-electron chi connectivity index (χ3n) is 4.16. The van der Waals surface area contributed by atoms with E-state index in [0.29, 0.717) is 12.3 Å². The molecule has 1 aromatic carbocycles. The molecule has 0 heterocycles. The number of amides is 1. The van der Waals surface area contributed by atoms with E-state index >= 15 is 0 Å². The van der Waals surface area contributed by atoms with Crippen molar-refractivity contribution in [2.75, 3.05) is 11.4 Å². The fourth-order valence-corrected chi connectivity index (χ4v) is 2.50. The lowest BCUT2D eigenvalue weighted by atomic mass is 10.0. The number of hydrogen-bond donors (Lipinski definition) is 0. The summed E-state index contributed by atoms with van der Waals surface area (Å²) >= 11 is 0. The first-order valence-electron chi connectivity index (χ1n) is 7.91. The molecule has 1 fully saturated rings. The van der Waals surface area contributed by atoms with Crippen LogP contribution in [0.3, 0.4) is 0 Å². The van der Waals surface area contributed by atoms with Gasteiger partial charge in [0.15, 0.2) is 0 Å². The van der Waals surface area contributed by atoms with Crippen LogP contribution in [0, 0.1) is 11.8 Å². The molecule has 0 N–H and O–H groups in total. The molecule has 21 heavy (non-hydrogen) atoms. The molecule has 3 nitrogen and oxygen atoms in total. The number of para-hydroxylation sites is 1. The molecule has 3 heteroatoms. The highest BCUT2D eigenvalue weighted by molar-refractivity contribution is 5.96. The SMILES string of the molecule is CC[C@H](C)C(=O)N(CC1CC1)c1ccccc1CC(C)=O. The van der Waals surface area contributed by atoms with Gasteiger partial charge in [0.25, 0.3) is 0 Å². The van der Waals surface area contributed by atoms with E-state index in [1.807, 2.05) is 43.0 Å². The molecule has 0 unspecified atom stereocenters. The number of hydrogen-bond acceptors (Lipinski definition) is 2. The van der Waals surface area contributed by atoms with Gasteiger partial charge in [0.05, 0.1) is 0 Å². The Hall–Kier alpha value is -1.64. The van der Waals surface area contributed by atoms with Gasteiger partial charge in [-0.25, -0.2) is 0 Å². The Morgan fingerprint density at radius 3 is 2.52 bits per heavy atom. The van der Waals surface area contributed by atoms with Crippen LogP contribution in [-0.2, 0) is 16.0 Å². The summed E-state index contributed by atoms with van der Waals surface area (Å²) in [5.74, 6) is 0.961. The summed E-state index contributed by atoms with van der Waals surface area (Å²) in [5, 5.41) is 0. The number of ketones is 1. The first kappa shape index (κ1) is 15.7. The molecule has 1 atom stereocenters. The summed E-state index contributed by atoms with van der Waals surface area (Å²) in [6, 6.07) is 7.81. The first-order chi connectivity index (χ1) is 10.0. The number of carbonyl (C=O) groups is 2. The van der Waals surface area contributed by atoms with Crippen molar-refractivity contribution in [3.8, 4) is 0 Å². The van der Waals surface area contributed by atoms with Crippen molar-refractivity contribution in [1.29, 1.82) is 0 Å². The molecule has 0 aliphatic heterocycles. The number of carbonyl (C=O) groups excluding carboxylic acids is 2. The van der Waals surface area contributed by atoms with Crippen molar-refractivity contribution in [2.45, 2.75) is 46.5 Å². The minimum Gasteiger partial charge on any atom is -0.312 e. The fraction of sp³-hybridized carbons (Fsp3) is 0.556. The maximum atomic E-state index is 12.7. The molecule has 1 amide bonds. The quantitative estimate of drug-likeness (QED) is 0.768. The van der Waals surface area contributed by atoms with Crippen LogP contribution >= 0.6 is 0 Å². The van der Waals surface area contributed by atoms with Gasteiger partial charge in [-0.3, -0.25) is 9.59 Å². The van der Waals surface area contributed by atoms with Gasteiger partial charge in [0.1, 0.15) is 5.78 Å². The first-order valence-corrected chi connectivity index (χ1v) is 7.91. The maximum absolute atomic E-state index is 12.7. The van der Waals surface area contributed by atoms with Crippen molar-refractivity contribution in [3.05, 3.63) is 29.8 Å². The van der Waals surface area contributed by atoms with E-state index in [-0.39, 0.29) is 17.6 Å². The third-order valence-corrected chi connectivity index (χ3v) is 4.16. The third kappa shape index (κ3) is 4.16. The van der Waals surface area contributed by atoms with Crippen molar-refractivity contribution >= 4 is 17.4 Å². The lowest BCUT2D eigenvalue weighted by molar-refractivity contribution is -0.122. The summed E-state index contributed by atoms with van der Waals surface area (Å²) in [5.41, 5.74) is 1.88. The largest absolute Gasteiger partial charge is 0.312 e. The molecule has 0 saturated heterocycles. The predicted molar refractivity (Wildman–Crippen MR) is 85.4 cm³/mol. The zero-order valence-corrected chi connectivity index (χ0v) is 13.3. The number of nitrogens with zero attached hydrogens (tertiary/aromatic N) is 1. The Bertz CT molecular complexity index is 520. The minimum atomic E-state index is 0.0223. The topological polar surface area (TPSA) is 37.4 Å². The van der Waals surface area contributed by atoms with E-state index < -0.39 is 0 Å². The second-order valence-electron chi connectivity index (χ2n) is 6.21. The smallest absolute Gasteiger partial charge is 0.229 e. The maximum Gasteiger partial charge on any atom is 0.229 e. The predicted octanol–water partition coefficient (Wildman–Crippen LogP) is 3.61. The van der Waals surface area contributed by atoms with Crippen molar-refractivity contribution in [1.82, 2.24) is 0 Å². The molecule has 1 aromatic rings. The monoisotopic (exact) mass is 287 g/mol. The summed E-state index contributed by atoms with van der Waals surface area (Å²) < 4.78 is 0. The number of Topliss-reactive ketones (excluding diaryl/α,β-unsaturated/α-hetero) is 1. The zero-order valence-electron chi connectivity index (χ0n) is 13.3. The molecule has 114 valence electrons. The van der Waals surface area contributed by atoms with Crippen LogP contribution in [0.15, 0.2) is 24.3 Å². The number of rotatable bonds is 7. The van der Waals surface area contributed by atoms with Gasteiger partial charge in [0.2, 0.25) is 5.91 Å². The van der Waals surface area contributed by atoms with E-state index in [2.05, 4.69) is 0 Å². The normalized spacial score (nSPS) is 15.6. The van der Waals surface area contributed by atoms with Crippen molar-refractivity contribution < 1.29 is 9.59 Å². The second-order valence-corrected chi connectivity index (χ2v) is 6.21. The van der Waals surface area contributed by atoms with Crippen LogP contribution in [0.1, 0.15) is 45.6 Å². The highest BCUT2D eigenvalue weighted by atomic mass is 16.2. The van der Waals surface area contributed by atoms with Crippen LogP contribution in [-0.4, -0.2) is 18.2 Å². The Morgan fingerprint density at radius 2 is 1.95 bits per heavy atom. The molecule has 1 aliphatic carbocycles. The van der Waals surface area contributed by atoms with Gasteiger partial charge < -0.3 is 4.90 Å². The molecule has 1 saturated carbocycles. The highest BCUT2D eigenvalue weighted by Gasteiger charge is 2.30. The fourth-order valence-electron chi connectivity index (χ4n) is 2.50. The van der Waals surface area contributed by atoms with Crippen molar-refractivity contribution in [2.24, 2.45) is 11.8 Å². The average molecular weight is 287 g/mol. The Kier molecular flexibility index (Phi) is 5.16. The molecular formula is C18H25NO2. The van der Waals surface area contributed by atoms with Gasteiger partial charge in [-0.1, -0.05) is 32.0 Å². The van der Waals surface area contributed by atoms with Crippen LogP contribution in [0.2, 0.25) is 0 Å². The lowest BCUT2D eigenvalue weighted by Gasteiger charge is -2.27. The molecule has 0 radical (unpaired) electrons. The van der Waals surface area contributed by atoms with E-state index in [0.717, 1.165) is 24.2 Å². The summed E-state index contributed by atoms with van der Waals surface area (Å²) in [4.78, 5) is 26.1. The van der Waals surface area contributed by atoms with Crippen molar-refractivity contribution in [3.63, 3.8) is 0 Å². The molecule has 2 rings (SSSR count). The van der Waals surface area contributed by atoms with E-state index in [1.165, 1.54) is 12.8 Å². The van der Waals surface area contributed by atoms with Crippen LogP contribution < -0.4 is 4.90 Å². The van der Waals surface area contributed by atoms with Gasteiger partial charge in [0, 0.05) is 24.6 Å². The molecular weight excluding hydrogens is 262 g/mol. The molecule has 0 aromatic heterocycles. The van der Waals surface area contributed by atoms with E-state index in [9.17, 15) is 9.59 Å². The number of anilines is 1. The zero-order chi connectivity index (χ0) is 15.4. The number of benzene rings is 1. The van der Waals surface area contributed by atoms with Gasteiger partial charge in [-0.2, -0.15) is 0 Å². The average Bonchev–Trinajstić information content (AvgIpc) is 3.27. The molecule has 0 bridgehead atoms. The Morgan fingerprint density at radius 1 is 1.29 bits per heavy atom. The van der Waals surface area contributed by atoms with Gasteiger partial charge >= 0.3 is 0 Å². The highest BCUT2D eigenvalue weighted by Crippen LogP contribution is 2.33. The van der Waals surface area contributed by atoms with E-state index in [4.69, 9.17) is 0 Å². The van der Waals surface area contributed by atoms with Gasteiger partial charge in [-0.05, 0) is 43.7 Å². The minimum absolute atomic E-state index is 0.0223. The van der Waals surface area contributed by atoms with E-state index in [1.54, 1.807) is 6.92 Å². The Labute approximate surface area is 127 Å². The van der Waals surface area contributed by atoms with Gasteiger partial charge in [-0.15, -0.1) is 0 Å². The molecule has 0 spiro atoms. The summed E-state index contributed by atoms with van der Waals surface area (Å²) in [6.45, 7) is 6.41. The van der Waals surface area contributed by atoms with Crippen LogP contribution in [0.25, 0.3) is 0 Å². The summed E-state index contributed by atoms with van der Waals surface area (Å²) in [7, 11) is 0. The standard InChI is InChI=1S/C18H25NO2/c1-4-13(2)18(21)19(12-15-9-10-15)17-8-6-5-7-16(17)11-14(3)20/h5-8,13,15H,4,9-12H2,1-3H3/t13-/m0/s1. The summed E-state index contributed by atoms with van der Waals surface area (Å²) in [6.07, 6.45) is 3.65. The lowest BCUT2D eigenvalue weighted by Crippen LogP contribution is -2.37. The second kappa shape index (κ2) is 6.88. The Balaban J connectivity index is 2.31. The van der Waals surface area contributed by atoms with Crippen LogP contribution in [0.5, 0.6) is 0 Å².